The van der Waals surface area contributed by atoms with Crippen LogP contribution >= 0.6 is 0 Å². The molecule has 0 saturated carbocycles. The highest BCUT2D eigenvalue weighted by Crippen LogP contribution is 2.32. The molecule has 0 bridgehead atoms. The van der Waals surface area contributed by atoms with Gasteiger partial charge in [0.15, 0.2) is 5.96 Å². The summed E-state index contributed by atoms with van der Waals surface area (Å²) in [6.45, 7) is 0.512. The van der Waals surface area contributed by atoms with Crippen LogP contribution in [0.2, 0.25) is 0 Å². The summed E-state index contributed by atoms with van der Waals surface area (Å²) in [4.78, 5) is 4.41. The van der Waals surface area contributed by atoms with E-state index in [4.69, 9.17) is 5.73 Å². The van der Waals surface area contributed by atoms with Crippen molar-refractivity contribution in [3.63, 3.8) is 0 Å². The minimum Gasteiger partial charge on any atom is -0.334 e. The van der Waals surface area contributed by atoms with Crippen LogP contribution in [-0.4, -0.2) is 18.2 Å². The summed E-state index contributed by atoms with van der Waals surface area (Å²) in [5, 5.41) is 5.92. The molecule has 0 spiro atoms. The van der Waals surface area contributed by atoms with Gasteiger partial charge in [-0.2, -0.15) is 13.2 Å². The maximum Gasteiger partial charge on any atom is 0.419 e. The Morgan fingerprint density at radius 2 is 1.79 bits per heavy atom. The van der Waals surface area contributed by atoms with E-state index in [1.165, 1.54) is 6.07 Å². The number of nitrogens with two attached hydrogens (primary N) is 1. The molecule has 0 aliphatic carbocycles. The van der Waals surface area contributed by atoms with E-state index < -0.39 is 23.2 Å². The second-order valence-electron chi connectivity index (χ2n) is 6.60. The Bertz CT molecular complexity index is 878. The first-order valence-electron chi connectivity index (χ1n) is 8.70. The van der Waals surface area contributed by atoms with Gasteiger partial charge in [-0.3, -0.25) is 4.99 Å². The molecule has 1 aliphatic rings. The fourth-order valence-electron chi connectivity index (χ4n) is 2.93. The Hall–Kier alpha value is -2.87. The van der Waals surface area contributed by atoms with Crippen LogP contribution in [0.25, 0.3) is 0 Å². The van der Waals surface area contributed by atoms with E-state index in [2.05, 4.69) is 15.6 Å². The molecular weight excluding hydrogens is 372 g/mol. The smallest absolute Gasteiger partial charge is 0.334 e. The summed E-state index contributed by atoms with van der Waals surface area (Å²) in [5.41, 5.74) is 5.23. The molecule has 1 unspecified atom stereocenters. The van der Waals surface area contributed by atoms with Gasteiger partial charge >= 0.3 is 6.18 Å². The second-order valence-corrected chi connectivity index (χ2v) is 6.60. The molecule has 1 aliphatic heterocycles. The van der Waals surface area contributed by atoms with Gasteiger partial charge in [-0.1, -0.05) is 36.4 Å². The molecule has 4 N–H and O–H groups in total. The Balaban J connectivity index is 1.68. The van der Waals surface area contributed by atoms with Gasteiger partial charge < -0.3 is 16.4 Å². The lowest BCUT2D eigenvalue weighted by Crippen LogP contribution is -2.61. The van der Waals surface area contributed by atoms with Crippen molar-refractivity contribution in [3.05, 3.63) is 83.3 Å². The number of benzene rings is 2. The van der Waals surface area contributed by atoms with Gasteiger partial charge in [0.2, 0.25) is 0 Å². The molecule has 0 fully saturated rings. The molecule has 1 heterocycles. The minimum absolute atomic E-state index is 0.0340. The zero-order valence-electron chi connectivity index (χ0n) is 14.9. The molecule has 0 radical (unpaired) electrons. The van der Waals surface area contributed by atoms with Crippen LogP contribution in [0, 0.1) is 5.82 Å². The zero-order chi connectivity index (χ0) is 20.2. The average molecular weight is 392 g/mol. The Morgan fingerprint density at radius 1 is 1.04 bits per heavy atom. The summed E-state index contributed by atoms with van der Waals surface area (Å²) in [7, 11) is 0. The SMILES string of the molecule is NC1(Cc2ccc(F)c(C(F)(F)F)c2)C=CNC(=NCCc2ccccc2)N1. The number of hydrogen-bond acceptors (Lipinski definition) is 2. The van der Waals surface area contributed by atoms with Gasteiger partial charge in [0.1, 0.15) is 11.5 Å². The quantitative estimate of drug-likeness (QED) is 0.684. The highest BCUT2D eigenvalue weighted by Gasteiger charge is 2.35. The summed E-state index contributed by atoms with van der Waals surface area (Å²) in [6, 6.07) is 12.7. The molecule has 4 nitrogen and oxygen atoms in total. The molecule has 28 heavy (non-hydrogen) atoms. The third-order valence-corrected chi connectivity index (χ3v) is 4.30. The van der Waals surface area contributed by atoms with E-state index in [1.54, 1.807) is 12.3 Å². The standard InChI is InChI=1S/C20H20F4N4/c21-17-7-6-15(12-16(17)20(22,23)24)13-19(25)9-11-27-18(28-19)26-10-8-14-4-2-1-3-5-14/h1-7,9,11-12H,8,10,13,25H2,(H2,26,27,28). The van der Waals surface area contributed by atoms with Gasteiger partial charge in [0.25, 0.3) is 0 Å². The third-order valence-electron chi connectivity index (χ3n) is 4.30. The molecular formula is C20H20F4N4. The predicted molar refractivity (Wildman–Crippen MR) is 99.9 cm³/mol. The fourth-order valence-corrected chi connectivity index (χ4v) is 2.93. The lowest BCUT2D eigenvalue weighted by Gasteiger charge is -2.32. The maximum absolute atomic E-state index is 13.5. The van der Waals surface area contributed by atoms with Gasteiger partial charge in [-0.05, 0) is 35.8 Å². The predicted octanol–water partition coefficient (Wildman–Crippen LogP) is 3.35. The highest BCUT2D eigenvalue weighted by atomic mass is 19.4. The van der Waals surface area contributed by atoms with Gasteiger partial charge in [0.05, 0.1) is 5.56 Å². The van der Waals surface area contributed by atoms with Crippen LogP contribution in [0.15, 0.2) is 65.8 Å². The third kappa shape index (κ3) is 5.10. The average Bonchev–Trinajstić information content (AvgIpc) is 2.63. The van der Waals surface area contributed by atoms with E-state index in [-0.39, 0.29) is 12.0 Å². The van der Waals surface area contributed by atoms with Crippen LogP contribution in [0.4, 0.5) is 17.6 Å². The monoisotopic (exact) mass is 392 g/mol. The van der Waals surface area contributed by atoms with Crippen LogP contribution < -0.4 is 16.4 Å². The molecule has 0 amide bonds. The van der Waals surface area contributed by atoms with Crippen LogP contribution in [0.5, 0.6) is 0 Å². The Labute approximate surface area is 160 Å². The molecule has 0 aromatic heterocycles. The molecule has 2 aromatic carbocycles. The largest absolute Gasteiger partial charge is 0.419 e. The van der Waals surface area contributed by atoms with Crippen LogP contribution in [-0.2, 0) is 19.0 Å². The molecule has 3 rings (SSSR count). The minimum atomic E-state index is -4.76. The number of guanidine groups is 1. The van der Waals surface area contributed by atoms with Crippen molar-refractivity contribution in [2.75, 3.05) is 6.54 Å². The summed E-state index contributed by atoms with van der Waals surface area (Å²) >= 11 is 0. The molecule has 8 heteroatoms. The Kier molecular flexibility index (Phi) is 5.69. The number of nitrogens with one attached hydrogen (secondary N) is 2. The van der Waals surface area contributed by atoms with Crippen molar-refractivity contribution in [2.24, 2.45) is 10.7 Å². The number of halogens is 4. The van der Waals surface area contributed by atoms with Crippen molar-refractivity contribution in [3.8, 4) is 0 Å². The maximum atomic E-state index is 13.5. The molecule has 2 aromatic rings. The topological polar surface area (TPSA) is 62.4 Å². The summed E-state index contributed by atoms with van der Waals surface area (Å²) in [5.74, 6) is -0.876. The van der Waals surface area contributed by atoms with Crippen LogP contribution in [0.1, 0.15) is 16.7 Å². The summed E-state index contributed by atoms with van der Waals surface area (Å²) < 4.78 is 52.2. The first kappa shape index (κ1) is 19.9. The van der Waals surface area contributed by atoms with Crippen molar-refractivity contribution in [1.29, 1.82) is 0 Å². The van der Waals surface area contributed by atoms with E-state index in [9.17, 15) is 17.6 Å². The first-order chi connectivity index (χ1) is 13.3. The lowest BCUT2D eigenvalue weighted by atomic mass is 9.97. The highest BCUT2D eigenvalue weighted by molar-refractivity contribution is 5.83. The van der Waals surface area contributed by atoms with Crippen molar-refractivity contribution in [1.82, 2.24) is 10.6 Å². The van der Waals surface area contributed by atoms with E-state index in [0.717, 1.165) is 24.1 Å². The number of aliphatic imine (C=N–C) groups is 1. The van der Waals surface area contributed by atoms with Crippen molar-refractivity contribution < 1.29 is 17.6 Å². The number of hydrogen-bond donors (Lipinski definition) is 3. The van der Waals surface area contributed by atoms with Gasteiger partial charge in [-0.15, -0.1) is 0 Å². The zero-order valence-corrected chi connectivity index (χ0v) is 14.9. The first-order valence-corrected chi connectivity index (χ1v) is 8.70. The summed E-state index contributed by atoms with van der Waals surface area (Å²) in [6.07, 6.45) is -0.802. The van der Waals surface area contributed by atoms with Crippen molar-refractivity contribution in [2.45, 2.75) is 24.7 Å². The van der Waals surface area contributed by atoms with E-state index in [1.807, 2.05) is 30.3 Å². The molecule has 1 atom stereocenters. The lowest BCUT2D eigenvalue weighted by molar-refractivity contribution is -0.140. The van der Waals surface area contributed by atoms with Crippen LogP contribution in [0.3, 0.4) is 0 Å². The van der Waals surface area contributed by atoms with Crippen molar-refractivity contribution >= 4 is 5.96 Å². The molecule has 0 saturated heterocycles. The fraction of sp³-hybridized carbons (Fsp3) is 0.250. The number of alkyl halides is 3. The second kappa shape index (κ2) is 8.02. The van der Waals surface area contributed by atoms with E-state index >= 15 is 0 Å². The molecule has 148 valence electrons. The number of nitrogens with zero attached hydrogens (tertiary/aromatic N) is 1. The van der Waals surface area contributed by atoms with Gasteiger partial charge in [0, 0.05) is 19.2 Å². The number of rotatable bonds is 5. The normalized spacial score (nSPS) is 20.7. The Morgan fingerprint density at radius 3 is 2.50 bits per heavy atom. The van der Waals surface area contributed by atoms with E-state index in [0.29, 0.717) is 12.5 Å². The van der Waals surface area contributed by atoms with Gasteiger partial charge in [-0.25, -0.2) is 4.39 Å².